The number of ether oxygens (including phenoxy) is 1. The lowest BCUT2D eigenvalue weighted by molar-refractivity contribution is 0.124. The number of nitrogens with zero attached hydrogens (tertiary/aromatic N) is 3. The van der Waals surface area contributed by atoms with Gasteiger partial charge in [-0.25, -0.2) is 13.4 Å². The highest BCUT2D eigenvalue weighted by Gasteiger charge is 2.32. The molecule has 7 heteroatoms. The van der Waals surface area contributed by atoms with Crippen LogP contribution in [0.4, 0.5) is 0 Å². The molecule has 26 heavy (non-hydrogen) atoms. The van der Waals surface area contributed by atoms with Crippen molar-refractivity contribution in [3.8, 4) is 5.88 Å². The summed E-state index contributed by atoms with van der Waals surface area (Å²) in [5.74, 6) is 1.15. The summed E-state index contributed by atoms with van der Waals surface area (Å²) in [6.07, 6.45) is 1.36. The summed E-state index contributed by atoms with van der Waals surface area (Å²) in [4.78, 5) is 8.92. The smallest absolute Gasteiger partial charge is 0.243 e. The minimum atomic E-state index is -3.54. The second-order valence-corrected chi connectivity index (χ2v) is 8.82. The van der Waals surface area contributed by atoms with Crippen LogP contribution >= 0.6 is 0 Å². The van der Waals surface area contributed by atoms with Crippen molar-refractivity contribution >= 4 is 10.0 Å². The summed E-state index contributed by atoms with van der Waals surface area (Å²) < 4.78 is 33.7. The summed E-state index contributed by atoms with van der Waals surface area (Å²) in [5, 5.41) is 0. The normalized spacial score (nSPS) is 18.7. The monoisotopic (exact) mass is 375 g/mol. The molecular formula is C19H25N3O3S. The number of aryl methyl sites for hydroxylation is 4. The van der Waals surface area contributed by atoms with Gasteiger partial charge < -0.3 is 4.74 Å². The number of hydrogen-bond acceptors (Lipinski definition) is 5. The predicted molar refractivity (Wildman–Crippen MR) is 99.8 cm³/mol. The van der Waals surface area contributed by atoms with Crippen molar-refractivity contribution in [2.75, 3.05) is 13.1 Å². The van der Waals surface area contributed by atoms with E-state index in [2.05, 4.69) is 9.97 Å². The van der Waals surface area contributed by atoms with Gasteiger partial charge in [0.05, 0.1) is 11.4 Å². The highest BCUT2D eigenvalue weighted by atomic mass is 32.2. The quantitative estimate of drug-likeness (QED) is 0.821. The number of sulfonamides is 1. The average Bonchev–Trinajstić information content (AvgIpc) is 2.56. The van der Waals surface area contributed by atoms with E-state index >= 15 is 0 Å². The number of rotatable bonds is 4. The van der Waals surface area contributed by atoms with Gasteiger partial charge in [0.25, 0.3) is 0 Å². The second-order valence-electron chi connectivity index (χ2n) is 6.91. The van der Waals surface area contributed by atoms with Gasteiger partial charge in [0.1, 0.15) is 11.9 Å². The molecule has 1 aromatic heterocycles. The molecule has 0 aliphatic carbocycles. The van der Waals surface area contributed by atoms with Crippen molar-refractivity contribution in [3.05, 3.63) is 46.9 Å². The number of hydrogen-bond donors (Lipinski definition) is 0. The molecule has 1 aliphatic heterocycles. The van der Waals surface area contributed by atoms with Crippen LogP contribution < -0.4 is 4.74 Å². The molecule has 2 aromatic rings. The van der Waals surface area contributed by atoms with Crippen LogP contribution in [0.25, 0.3) is 0 Å². The topological polar surface area (TPSA) is 72.4 Å². The summed E-state index contributed by atoms with van der Waals surface area (Å²) in [7, 11) is -3.54. The molecule has 140 valence electrons. The van der Waals surface area contributed by atoms with Crippen LogP contribution in [0, 0.1) is 27.7 Å². The van der Waals surface area contributed by atoms with Gasteiger partial charge in [-0.3, -0.25) is 0 Å². The Balaban J connectivity index is 1.80. The Morgan fingerprint density at radius 1 is 1.12 bits per heavy atom. The first-order valence-corrected chi connectivity index (χ1v) is 10.3. The molecule has 1 aromatic carbocycles. The van der Waals surface area contributed by atoms with Crippen LogP contribution in [0.3, 0.4) is 0 Å². The van der Waals surface area contributed by atoms with E-state index in [1.807, 2.05) is 39.8 Å². The van der Waals surface area contributed by atoms with Gasteiger partial charge >= 0.3 is 0 Å². The van der Waals surface area contributed by atoms with E-state index in [1.165, 1.54) is 4.31 Å². The molecule has 0 N–H and O–H groups in total. The fraction of sp³-hybridized carbons (Fsp3) is 0.474. The molecule has 3 rings (SSSR count). The Kier molecular flexibility index (Phi) is 5.29. The van der Waals surface area contributed by atoms with Crippen molar-refractivity contribution < 1.29 is 13.2 Å². The highest BCUT2D eigenvalue weighted by molar-refractivity contribution is 7.89. The van der Waals surface area contributed by atoms with Crippen LogP contribution in [0.5, 0.6) is 5.88 Å². The zero-order valence-corrected chi connectivity index (χ0v) is 16.5. The third kappa shape index (κ3) is 4.04. The van der Waals surface area contributed by atoms with Gasteiger partial charge in [-0.1, -0.05) is 12.1 Å². The van der Waals surface area contributed by atoms with E-state index in [1.54, 1.807) is 12.1 Å². The van der Waals surface area contributed by atoms with Crippen LogP contribution in [0.1, 0.15) is 35.5 Å². The number of benzene rings is 1. The molecule has 0 saturated carbocycles. The predicted octanol–water partition coefficient (Wildman–Crippen LogP) is 2.94. The lowest BCUT2D eigenvalue weighted by atomic mass is 10.1. The van der Waals surface area contributed by atoms with Gasteiger partial charge in [-0.2, -0.15) is 9.29 Å². The summed E-state index contributed by atoms with van der Waals surface area (Å²) in [6.45, 7) is 8.28. The maximum atomic E-state index is 13.1. The molecule has 1 atom stereocenters. The number of piperidine rings is 1. The standard InChI is InChI=1S/C19H25N3O3S/c1-13-7-8-14(2)18(10-13)26(23,24)22-9-5-6-17(12-22)25-19-11-15(3)20-16(4)21-19/h7-8,10-11,17H,5-6,9,12H2,1-4H3. The Hall–Kier alpha value is -1.99. The molecule has 0 amide bonds. The third-order valence-electron chi connectivity index (χ3n) is 4.53. The van der Waals surface area contributed by atoms with E-state index in [9.17, 15) is 8.42 Å². The summed E-state index contributed by atoms with van der Waals surface area (Å²) in [6, 6.07) is 7.31. The molecule has 1 unspecified atom stereocenters. The van der Waals surface area contributed by atoms with Crippen molar-refractivity contribution in [1.29, 1.82) is 0 Å². The Labute approximate surface area is 155 Å². The van der Waals surface area contributed by atoms with Crippen molar-refractivity contribution in [2.45, 2.75) is 51.5 Å². The van der Waals surface area contributed by atoms with Crippen molar-refractivity contribution in [2.24, 2.45) is 0 Å². The van der Waals surface area contributed by atoms with Gasteiger partial charge in [-0.05, 0) is 57.7 Å². The Bertz CT molecular complexity index is 892. The zero-order chi connectivity index (χ0) is 18.9. The van der Waals surface area contributed by atoms with E-state index < -0.39 is 10.0 Å². The maximum Gasteiger partial charge on any atom is 0.243 e. The van der Waals surface area contributed by atoms with Gasteiger partial charge in [0.2, 0.25) is 15.9 Å². The summed E-state index contributed by atoms with van der Waals surface area (Å²) >= 11 is 0. The maximum absolute atomic E-state index is 13.1. The van der Waals surface area contributed by atoms with Crippen LogP contribution in [-0.4, -0.2) is 41.9 Å². The van der Waals surface area contributed by atoms with E-state index in [4.69, 9.17) is 4.74 Å². The molecular weight excluding hydrogens is 350 g/mol. The molecule has 0 spiro atoms. The second kappa shape index (κ2) is 7.32. The van der Waals surface area contributed by atoms with Crippen LogP contribution in [0.2, 0.25) is 0 Å². The SMILES string of the molecule is Cc1ccc(C)c(S(=O)(=O)N2CCCC(Oc3cc(C)nc(C)n3)C2)c1. The summed E-state index contributed by atoms with van der Waals surface area (Å²) in [5.41, 5.74) is 2.54. The van der Waals surface area contributed by atoms with Crippen LogP contribution in [0.15, 0.2) is 29.2 Å². The van der Waals surface area contributed by atoms with E-state index in [-0.39, 0.29) is 6.10 Å². The fourth-order valence-electron chi connectivity index (χ4n) is 3.26. The zero-order valence-electron chi connectivity index (χ0n) is 15.7. The Morgan fingerprint density at radius 3 is 2.62 bits per heavy atom. The van der Waals surface area contributed by atoms with Gasteiger partial charge in [-0.15, -0.1) is 0 Å². The first-order chi connectivity index (χ1) is 12.3. The lowest BCUT2D eigenvalue weighted by Gasteiger charge is -2.32. The fourth-order valence-corrected chi connectivity index (χ4v) is 5.08. The molecule has 6 nitrogen and oxygen atoms in total. The lowest BCUT2D eigenvalue weighted by Crippen LogP contribution is -2.44. The molecule has 0 bridgehead atoms. The van der Waals surface area contributed by atoms with Gasteiger partial charge in [0, 0.05) is 18.3 Å². The average molecular weight is 375 g/mol. The molecule has 0 radical (unpaired) electrons. The first-order valence-electron chi connectivity index (χ1n) is 8.82. The molecule has 1 fully saturated rings. The molecule has 1 aliphatic rings. The number of aromatic nitrogens is 2. The first kappa shape index (κ1) is 18.8. The van der Waals surface area contributed by atoms with Crippen molar-refractivity contribution in [1.82, 2.24) is 14.3 Å². The molecule has 2 heterocycles. The van der Waals surface area contributed by atoms with E-state index in [0.29, 0.717) is 29.7 Å². The minimum absolute atomic E-state index is 0.211. The molecule has 1 saturated heterocycles. The third-order valence-corrected chi connectivity index (χ3v) is 6.54. The Morgan fingerprint density at radius 2 is 1.88 bits per heavy atom. The minimum Gasteiger partial charge on any atom is -0.473 e. The van der Waals surface area contributed by atoms with Crippen LogP contribution in [-0.2, 0) is 10.0 Å². The van der Waals surface area contributed by atoms with E-state index in [0.717, 1.165) is 29.7 Å². The van der Waals surface area contributed by atoms with Gasteiger partial charge in [0.15, 0.2) is 0 Å². The highest BCUT2D eigenvalue weighted by Crippen LogP contribution is 2.26. The van der Waals surface area contributed by atoms with Crippen molar-refractivity contribution in [3.63, 3.8) is 0 Å². The largest absolute Gasteiger partial charge is 0.473 e.